The number of carbonyl (C=O) groups excluding carboxylic acids is 1. The summed E-state index contributed by atoms with van der Waals surface area (Å²) in [5, 5.41) is 8.96. The molecule has 0 aromatic rings. The van der Waals surface area contributed by atoms with Gasteiger partial charge >= 0.3 is 0 Å². The molecule has 0 aromatic carbocycles. The maximum atomic E-state index is 13.1. The number of rotatable bonds is 3. The Morgan fingerprint density at radius 3 is 2.25 bits per heavy atom. The molecule has 2 atom stereocenters. The largest absolute Gasteiger partial charge is 0.329 e. The van der Waals surface area contributed by atoms with Crippen molar-refractivity contribution in [2.45, 2.75) is 59.3 Å². The summed E-state index contributed by atoms with van der Waals surface area (Å²) >= 11 is 0. The molecule has 1 amide bonds. The van der Waals surface area contributed by atoms with Crippen LogP contribution in [-0.4, -0.2) is 23.9 Å². The summed E-state index contributed by atoms with van der Waals surface area (Å²) in [6, 6.07) is 2.16. The molecular weight excluding hydrogens is 248 g/mol. The summed E-state index contributed by atoms with van der Waals surface area (Å²) < 4.78 is 0. The molecule has 0 saturated heterocycles. The Kier molecular flexibility index (Phi) is 2.94. The molecule has 20 heavy (non-hydrogen) atoms. The molecule has 0 radical (unpaired) electrons. The van der Waals surface area contributed by atoms with Gasteiger partial charge in [-0.15, -0.1) is 0 Å². The topological polar surface area (TPSA) is 44.1 Å². The van der Waals surface area contributed by atoms with Gasteiger partial charge in [0.2, 0.25) is 5.91 Å². The van der Waals surface area contributed by atoms with Gasteiger partial charge in [0, 0.05) is 6.54 Å². The van der Waals surface area contributed by atoms with E-state index >= 15 is 0 Å². The van der Waals surface area contributed by atoms with Crippen molar-refractivity contribution in [2.75, 3.05) is 13.1 Å². The number of amides is 1. The van der Waals surface area contributed by atoms with Crippen LogP contribution in [0.1, 0.15) is 59.3 Å². The van der Waals surface area contributed by atoms with Gasteiger partial charge in [-0.2, -0.15) is 5.26 Å². The minimum Gasteiger partial charge on any atom is -0.329 e. The van der Waals surface area contributed by atoms with Crippen LogP contribution in [-0.2, 0) is 4.79 Å². The van der Waals surface area contributed by atoms with Gasteiger partial charge in [-0.05, 0) is 62.2 Å². The minimum absolute atomic E-state index is 0.157. The predicted octanol–water partition coefficient (Wildman–Crippen LogP) is 3.36. The lowest BCUT2D eigenvalue weighted by atomic mass is 9.40. The Bertz CT molecular complexity index is 460. The number of hydrogen-bond donors (Lipinski definition) is 0. The van der Waals surface area contributed by atoms with Gasteiger partial charge in [-0.25, -0.2) is 0 Å². The second-order valence-corrected chi connectivity index (χ2v) is 8.39. The van der Waals surface area contributed by atoms with Crippen LogP contribution in [0.25, 0.3) is 0 Å². The van der Waals surface area contributed by atoms with E-state index < -0.39 is 0 Å². The van der Waals surface area contributed by atoms with Crippen molar-refractivity contribution in [1.29, 1.82) is 5.26 Å². The van der Waals surface area contributed by atoms with Crippen LogP contribution in [0.2, 0.25) is 0 Å². The smallest absolute Gasteiger partial charge is 0.229 e. The molecule has 0 aliphatic heterocycles. The monoisotopic (exact) mass is 274 g/mol. The highest BCUT2D eigenvalue weighted by Gasteiger charge is 2.63. The first kappa shape index (κ1) is 13.9. The van der Waals surface area contributed by atoms with Gasteiger partial charge < -0.3 is 4.90 Å². The van der Waals surface area contributed by atoms with E-state index in [1.165, 1.54) is 19.3 Å². The summed E-state index contributed by atoms with van der Waals surface area (Å²) in [5.41, 5.74) is 0.557. The van der Waals surface area contributed by atoms with E-state index in [1.807, 2.05) is 6.92 Å². The van der Waals surface area contributed by atoms with Crippen molar-refractivity contribution >= 4 is 5.91 Å². The Balaban J connectivity index is 1.92. The fourth-order valence-corrected chi connectivity index (χ4v) is 6.43. The van der Waals surface area contributed by atoms with Gasteiger partial charge in [-0.3, -0.25) is 4.79 Å². The van der Waals surface area contributed by atoms with E-state index in [0.29, 0.717) is 17.4 Å². The number of carbonyl (C=O) groups is 1. The zero-order valence-electron chi connectivity index (χ0n) is 13.0. The van der Waals surface area contributed by atoms with Gasteiger partial charge in [0.05, 0.1) is 11.5 Å². The van der Waals surface area contributed by atoms with Crippen LogP contribution in [0.4, 0.5) is 0 Å². The molecular formula is C17H26N2O. The third-order valence-corrected chi connectivity index (χ3v) is 6.01. The normalized spacial score (nSPS) is 45.2. The average Bonchev–Trinajstić information content (AvgIpc) is 2.30. The van der Waals surface area contributed by atoms with E-state index in [-0.39, 0.29) is 17.9 Å². The third kappa shape index (κ3) is 1.96. The van der Waals surface area contributed by atoms with E-state index in [4.69, 9.17) is 5.26 Å². The van der Waals surface area contributed by atoms with Gasteiger partial charge in [0.25, 0.3) is 0 Å². The molecule has 4 fully saturated rings. The molecule has 4 bridgehead atoms. The second kappa shape index (κ2) is 4.23. The highest BCUT2D eigenvalue weighted by molar-refractivity contribution is 5.83. The molecule has 110 valence electrons. The molecule has 3 heteroatoms. The van der Waals surface area contributed by atoms with Crippen LogP contribution in [0.15, 0.2) is 0 Å². The van der Waals surface area contributed by atoms with Crippen molar-refractivity contribution < 1.29 is 4.79 Å². The SMILES string of the molecule is CCN(CC#N)C(=O)C12CC3CC(C)(CC(C)(C3)C1)C2. The third-order valence-electron chi connectivity index (χ3n) is 6.01. The average molecular weight is 274 g/mol. The van der Waals surface area contributed by atoms with Gasteiger partial charge in [0.1, 0.15) is 6.54 Å². The molecule has 4 rings (SSSR count). The first-order valence-electron chi connectivity index (χ1n) is 8.00. The molecule has 4 aliphatic carbocycles. The lowest BCUT2D eigenvalue weighted by Gasteiger charge is -2.65. The first-order valence-corrected chi connectivity index (χ1v) is 8.00. The van der Waals surface area contributed by atoms with Crippen LogP contribution < -0.4 is 0 Å². The van der Waals surface area contributed by atoms with E-state index in [0.717, 1.165) is 25.2 Å². The summed E-state index contributed by atoms with van der Waals surface area (Å²) in [4.78, 5) is 14.9. The van der Waals surface area contributed by atoms with Crippen LogP contribution >= 0.6 is 0 Å². The first-order chi connectivity index (χ1) is 9.34. The van der Waals surface area contributed by atoms with Gasteiger partial charge in [-0.1, -0.05) is 13.8 Å². The molecule has 0 spiro atoms. The van der Waals surface area contributed by atoms with E-state index in [9.17, 15) is 4.79 Å². The Labute approximate surface area is 122 Å². The Morgan fingerprint density at radius 2 is 1.80 bits per heavy atom. The predicted molar refractivity (Wildman–Crippen MR) is 77.7 cm³/mol. The highest BCUT2D eigenvalue weighted by atomic mass is 16.2. The van der Waals surface area contributed by atoms with Crippen molar-refractivity contribution in [3.8, 4) is 6.07 Å². The number of nitriles is 1. The minimum atomic E-state index is -0.157. The summed E-state index contributed by atoms with van der Waals surface area (Å²) in [6.45, 7) is 7.66. The highest BCUT2D eigenvalue weighted by Crippen LogP contribution is 2.69. The van der Waals surface area contributed by atoms with Crippen LogP contribution in [0.5, 0.6) is 0 Å². The van der Waals surface area contributed by atoms with E-state index in [1.54, 1.807) is 4.90 Å². The zero-order valence-corrected chi connectivity index (χ0v) is 13.0. The molecule has 4 aliphatic rings. The molecule has 0 aromatic heterocycles. The zero-order chi connectivity index (χ0) is 14.6. The van der Waals surface area contributed by atoms with E-state index in [2.05, 4.69) is 19.9 Å². The summed E-state index contributed by atoms with van der Waals surface area (Å²) in [7, 11) is 0. The van der Waals surface area contributed by atoms with Crippen molar-refractivity contribution in [3.63, 3.8) is 0 Å². The van der Waals surface area contributed by atoms with Crippen LogP contribution in [0, 0.1) is 33.5 Å². The van der Waals surface area contributed by atoms with Crippen LogP contribution in [0.3, 0.4) is 0 Å². The standard InChI is InChI=1S/C17H26N2O/c1-4-19(6-5-18)14(20)17-9-13-7-15(2,11-17)10-16(3,8-13)12-17/h13H,4,6-12H2,1-3H3. The molecule has 4 saturated carbocycles. The van der Waals surface area contributed by atoms with Gasteiger partial charge in [0.15, 0.2) is 0 Å². The fourth-order valence-electron chi connectivity index (χ4n) is 6.43. The fraction of sp³-hybridized carbons (Fsp3) is 0.882. The van der Waals surface area contributed by atoms with Crippen molar-refractivity contribution in [2.24, 2.45) is 22.2 Å². The lowest BCUT2D eigenvalue weighted by molar-refractivity contribution is -0.178. The molecule has 0 heterocycles. The summed E-state index contributed by atoms with van der Waals surface area (Å²) in [6.07, 6.45) is 7.07. The molecule has 0 N–H and O–H groups in total. The molecule has 2 unspecified atom stereocenters. The maximum absolute atomic E-state index is 13.1. The molecule has 3 nitrogen and oxygen atoms in total. The quantitative estimate of drug-likeness (QED) is 0.741. The van der Waals surface area contributed by atoms with Crippen molar-refractivity contribution in [1.82, 2.24) is 4.90 Å². The number of nitrogens with zero attached hydrogens (tertiary/aromatic N) is 2. The Morgan fingerprint density at radius 1 is 1.20 bits per heavy atom. The lowest BCUT2D eigenvalue weighted by Crippen LogP contribution is -2.60. The Hall–Kier alpha value is -1.04. The summed E-state index contributed by atoms with van der Waals surface area (Å²) in [5.74, 6) is 0.995. The second-order valence-electron chi connectivity index (χ2n) is 8.39. The maximum Gasteiger partial charge on any atom is 0.229 e. The van der Waals surface area contributed by atoms with Crippen molar-refractivity contribution in [3.05, 3.63) is 0 Å². The number of hydrogen-bond acceptors (Lipinski definition) is 2.